The van der Waals surface area contributed by atoms with Crippen LogP contribution in [0.15, 0.2) is 47.4 Å². The molecule has 1 amide bonds. The van der Waals surface area contributed by atoms with Crippen LogP contribution in [0.3, 0.4) is 0 Å². The molecule has 1 aliphatic rings. The lowest BCUT2D eigenvalue weighted by atomic mass is 10.2. The molecule has 0 radical (unpaired) electrons. The summed E-state index contributed by atoms with van der Waals surface area (Å²) in [6.07, 6.45) is 1.50. The van der Waals surface area contributed by atoms with Gasteiger partial charge >= 0.3 is 0 Å². The van der Waals surface area contributed by atoms with Crippen LogP contribution in [0.2, 0.25) is 0 Å². The molecule has 1 aliphatic heterocycles. The first-order chi connectivity index (χ1) is 10.8. The molecular weight excluding hydrogens is 282 g/mol. The highest BCUT2D eigenvalue weighted by Crippen LogP contribution is 2.26. The zero-order valence-corrected chi connectivity index (χ0v) is 12.0. The number of carbonyl (C=O) groups is 1. The molecule has 1 aromatic heterocycles. The number of hydrogen-bond donors (Lipinski definition) is 2. The normalized spacial score (nSPS) is 14.6. The van der Waals surface area contributed by atoms with Crippen molar-refractivity contribution in [3.05, 3.63) is 58.5 Å². The van der Waals surface area contributed by atoms with Crippen molar-refractivity contribution >= 4 is 17.3 Å². The van der Waals surface area contributed by atoms with Gasteiger partial charge in [-0.3, -0.25) is 9.59 Å². The number of amides is 1. The van der Waals surface area contributed by atoms with Gasteiger partial charge in [0.15, 0.2) is 0 Å². The second-order valence-corrected chi connectivity index (χ2v) is 4.98. The summed E-state index contributed by atoms with van der Waals surface area (Å²) in [5.41, 5.74) is 1.33. The Morgan fingerprint density at radius 3 is 2.68 bits per heavy atom. The number of morpholine rings is 1. The molecule has 0 spiro atoms. The zero-order chi connectivity index (χ0) is 15.4. The second-order valence-electron chi connectivity index (χ2n) is 4.98. The summed E-state index contributed by atoms with van der Waals surface area (Å²) in [7, 11) is 0. The van der Waals surface area contributed by atoms with Crippen LogP contribution < -0.4 is 15.8 Å². The molecule has 114 valence electrons. The van der Waals surface area contributed by atoms with E-state index in [2.05, 4.69) is 15.2 Å². The van der Waals surface area contributed by atoms with Gasteiger partial charge in [-0.15, -0.1) is 0 Å². The molecule has 1 aromatic carbocycles. The number of aromatic amines is 1. The maximum absolute atomic E-state index is 12.3. The van der Waals surface area contributed by atoms with E-state index in [0.29, 0.717) is 18.9 Å². The number of ether oxygens (including phenoxy) is 1. The molecule has 2 aromatic rings. The van der Waals surface area contributed by atoms with Crippen LogP contribution in [0, 0.1) is 0 Å². The van der Waals surface area contributed by atoms with Gasteiger partial charge in [0.2, 0.25) is 0 Å². The van der Waals surface area contributed by atoms with Crippen molar-refractivity contribution in [3.63, 3.8) is 0 Å². The third-order valence-electron chi connectivity index (χ3n) is 3.57. The lowest BCUT2D eigenvalue weighted by Crippen LogP contribution is -2.36. The van der Waals surface area contributed by atoms with E-state index < -0.39 is 11.5 Å². The Morgan fingerprint density at radius 2 is 1.91 bits per heavy atom. The fourth-order valence-electron chi connectivity index (χ4n) is 2.45. The summed E-state index contributed by atoms with van der Waals surface area (Å²) in [4.78, 5) is 28.7. The highest BCUT2D eigenvalue weighted by Gasteiger charge is 2.17. The van der Waals surface area contributed by atoms with Crippen LogP contribution in [0.1, 0.15) is 10.4 Å². The Kier molecular flexibility index (Phi) is 4.20. The SMILES string of the molecule is O=C(Nc1ccccc1N1CCOCC1)c1ccc[nH]c1=O. The molecule has 6 heteroatoms. The lowest BCUT2D eigenvalue weighted by molar-refractivity contribution is 0.102. The summed E-state index contributed by atoms with van der Waals surface area (Å²) in [5, 5.41) is 2.82. The van der Waals surface area contributed by atoms with Crippen molar-refractivity contribution in [1.29, 1.82) is 0 Å². The number of carbonyl (C=O) groups excluding carboxylic acids is 1. The van der Waals surface area contributed by atoms with E-state index >= 15 is 0 Å². The first-order valence-electron chi connectivity index (χ1n) is 7.16. The molecule has 1 fully saturated rings. The van der Waals surface area contributed by atoms with Gasteiger partial charge in [0.05, 0.1) is 24.6 Å². The summed E-state index contributed by atoms with van der Waals surface area (Å²) < 4.78 is 5.35. The predicted octanol–water partition coefficient (Wildman–Crippen LogP) is 1.46. The van der Waals surface area contributed by atoms with Crippen molar-refractivity contribution in [1.82, 2.24) is 4.98 Å². The highest BCUT2D eigenvalue weighted by molar-refractivity contribution is 6.05. The van der Waals surface area contributed by atoms with Gasteiger partial charge in [-0.2, -0.15) is 0 Å². The minimum Gasteiger partial charge on any atom is -0.378 e. The molecule has 0 atom stereocenters. The largest absolute Gasteiger partial charge is 0.378 e. The van der Waals surface area contributed by atoms with E-state index in [9.17, 15) is 9.59 Å². The Bertz CT molecular complexity index is 720. The number of nitrogens with one attached hydrogen (secondary N) is 2. The maximum atomic E-state index is 12.3. The third kappa shape index (κ3) is 3.01. The molecule has 2 heterocycles. The Balaban J connectivity index is 1.85. The molecule has 0 bridgehead atoms. The molecule has 2 N–H and O–H groups in total. The first kappa shape index (κ1) is 14.3. The molecule has 3 rings (SSSR count). The van der Waals surface area contributed by atoms with Crippen molar-refractivity contribution in [2.24, 2.45) is 0 Å². The van der Waals surface area contributed by atoms with Gasteiger partial charge in [-0.05, 0) is 24.3 Å². The van der Waals surface area contributed by atoms with Crippen LogP contribution in [-0.4, -0.2) is 37.2 Å². The number of hydrogen-bond acceptors (Lipinski definition) is 4. The van der Waals surface area contributed by atoms with E-state index in [0.717, 1.165) is 18.8 Å². The van der Waals surface area contributed by atoms with Crippen molar-refractivity contribution in [3.8, 4) is 0 Å². The van der Waals surface area contributed by atoms with E-state index in [1.165, 1.54) is 12.3 Å². The topological polar surface area (TPSA) is 74.4 Å². The van der Waals surface area contributed by atoms with E-state index in [1.807, 2.05) is 24.3 Å². The van der Waals surface area contributed by atoms with Crippen LogP contribution >= 0.6 is 0 Å². The minimum atomic E-state index is -0.414. The van der Waals surface area contributed by atoms with Gasteiger partial charge in [0, 0.05) is 19.3 Å². The van der Waals surface area contributed by atoms with Gasteiger partial charge in [0.25, 0.3) is 11.5 Å². The average molecular weight is 299 g/mol. The summed E-state index contributed by atoms with van der Waals surface area (Å²) in [6.45, 7) is 2.89. The van der Waals surface area contributed by atoms with E-state index in [4.69, 9.17) is 4.74 Å². The fourth-order valence-corrected chi connectivity index (χ4v) is 2.45. The van der Waals surface area contributed by atoms with Gasteiger partial charge in [-0.25, -0.2) is 0 Å². The number of benzene rings is 1. The Hall–Kier alpha value is -2.60. The summed E-state index contributed by atoms with van der Waals surface area (Å²) in [6, 6.07) is 10.7. The summed E-state index contributed by atoms with van der Waals surface area (Å²) >= 11 is 0. The zero-order valence-electron chi connectivity index (χ0n) is 12.0. The smallest absolute Gasteiger partial charge is 0.261 e. The quantitative estimate of drug-likeness (QED) is 0.900. The van der Waals surface area contributed by atoms with Crippen molar-refractivity contribution in [2.45, 2.75) is 0 Å². The minimum absolute atomic E-state index is 0.0966. The van der Waals surface area contributed by atoms with Crippen LogP contribution in [0.4, 0.5) is 11.4 Å². The lowest BCUT2D eigenvalue weighted by Gasteiger charge is -2.30. The highest BCUT2D eigenvalue weighted by atomic mass is 16.5. The van der Waals surface area contributed by atoms with Gasteiger partial charge in [0.1, 0.15) is 5.56 Å². The third-order valence-corrected chi connectivity index (χ3v) is 3.57. The van der Waals surface area contributed by atoms with Gasteiger partial charge < -0.3 is 19.9 Å². The number of aromatic nitrogens is 1. The molecular formula is C16H17N3O3. The monoisotopic (exact) mass is 299 g/mol. The predicted molar refractivity (Wildman–Crippen MR) is 84.5 cm³/mol. The molecule has 0 saturated carbocycles. The standard InChI is InChI=1S/C16H17N3O3/c20-15-12(4-3-7-17-15)16(21)18-13-5-1-2-6-14(13)19-8-10-22-11-9-19/h1-7H,8-11H2,(H,17,20)(H,18,21). The number of para-hydroxylation sites is 2. The van der Waals surface area contributed by atoms with Gasteiger partial charge in [-0.1, -0.05) is 12.1 Å². The van der Waals surface area contributed by atoms with E-state index in [-0.39, 0.29) is 5.56 Å². The Labute approximate surface area is 127 Å². The van der Waals surface area contributed by atoms with Crippen molar-refractivity contribution in [2.75, 3.05) is 36.5 Å². The summed E-state index contributed by atoms with van der Waals surface area (Å²) in [5.74, 6) is -0.414. The molecule has 0 aliphatic carbocycles. The maximum Gasteiger partial charge on any atom is 0.261 e. The number of H-pyrrole nitrogens is 1. The molecule has 6 nitrogen and oxygen atoms in total. The fraction of sp³-hybridized carbons (Fsp3) is 0.250. The average Bonchev–Trinajstić information content (AvgIpc) is 2.56. The molecule has 0 unspecified atom stereocenters. The van der Waals surface area contributed by atoms with Crippen LogP contribution in [-0.2, 0) is 4.74 Å². The van der Waals surface area contributed by atoms with Crippen LogP contribution in [0.5, 0.6) is 0 Å². The number of anilines is 2. The second kappa shape index (κ2) is 6.44. The number of rotatable bonds is 3. The number of pyridine rings is 1. The van der Waals surface area contributed by atoms with E-state index in [1.54, 1.807) is 6.07 Å². The number of nitrogens with zero attached hydrogens (tertiary/aromatic N) is 1. The molecule has 1 saturated heterocycles. The van der Waals surface area contributed by atoms with Crippen LogP contribution in [0.25, 0.3) is 0 Å². The first-order valence-corrected chi connectivity index (χ1v) is 7.16. The van der Waals surface area contributed by atoms with Crippen molar-refractivity contribution < 1.29 is 9.53 Å². The Morgan fingerprint density at radius 1 is 1.14 bits per heavy atom. The molecule has 22 heavy (non-hydrogen) atoms.